The third kappa shape index (κ3) is 2.95. The fourth-order valence-electron chi connectivity index (χ4n) is 2.71. The van der Waals surface area contributed by atoms with Crippen molar-refractivity contribution in [3.8, 4) is 5.75 Å². The van der Waals surface area contributed by atoms with Crippen molar-refractivity contribution in [2.75, 3.05) is 18.1 Å². The van der Waals surface area contributed by atoms with Crippen molar-refractivity contribution < 1.29 is 17.9 Å². The minimum Gasteiger partial charge on any atom is -0.488 e. The van der Waals surface area contributed by atoms with Gasteiger partial charge in [-0.3, -0.25) is 4.79 Å². The number of carbonyl (C=O) groups is 1. The molecule has 0 unspecified atom stereocenters. The number of para-hydroxylation sites is 1. The minimum atomic E-state index is -3.04. The van der Waals surface area contributed by atoms with Gasteiger partial charge < -0.3 is 10.1 Å². The lowest BCUT2D eigenvalue weighted by molar-refractivity contribution is -0.119. The molecule has 1 saturated heterocycles. The highest BCUT2D eigenvalue weighted by Gasteiger charge is 2.40. The second-order valence-corrected chi connectivity index (χ2v) is 8.04. The summed E-state index contributed by atoms with van der Waals surface area (Å²) in [6.07, 6.45) is 2.24. The molecule has 2 heterocycles. The van der Waals surface area contributed by atoms with Crippen LogP contribution >= 0.6 is 0 Å². The predicted octanol–water partition coefficient (Wildman–Crippen LogP) is 1.16. The second kappa shape index (κ2) is 4.87. The zero-order valence-corrected chi connectivity index (χ0v) is 12.6. The van der Waals surface area contributed by atoms with Crippen LogP contribution in [-0.2, 0) is 14.6 Å². The van der Waals surface area contributed by atoms with E-state index in [2.05, 4.69) is 5.32 Å². The zero-order chi connectivity index (χ0) is 15.1. The molecule has 0 saturated carbocycles. The van der Waals surface area contributed by atoms with Crippen molar-refractivity contribution in [1.29, 1.82) is 0 Å². The van der Waals surface area contributed by atoms with E-state index in [9.17, 15) is 13.2 Å². The topological polar surface area (TPSA) is 72.5 Å². The molecular formula is C15H17NO4S. The van der Waals surface area contributed by atoms with Crippen molar-refractivity contribution in [2.24, 2.45) is 0 Å². The average molecular weight is 307 g/mol. The normalized spacial score (nSPS) is 26.4. The Bertz CT molecular complexity index is 723. The summed E-state index contributed by atoms with van der Waals surface area (Å²) in [6.45, 7) is 1.97. The predicted molar refractivity (Wildman–Crippen MR) is 79.7 cm³/mol. The molecule has 0 aliphatic carbocycles. The van der Waals surface area contributed by atoms with E-state index in [1.54, 1.807) is 13.0 Å². The third-order valence-corrected chi connectivity index (χ3v) is 5.75. The molecule has 0 radical (unpaired) electrons. The number of fused-ring (bicyclic) bond motifs is 1. The van der Waals surface area contributed by atoms with E-state index in [1.807, 2.05) is 24.3 Å². The lowest BCUT2D eigenvalue weighted by atomic mass is 10.0. The number of amides is 1. The number of carbonyl (C=O) groups excluding carboxylic acids is 1. The summed E-state index contributed by atoms with van der Waals surface area (Å²) < 4.78 is 28.7. The Morgan fingerprint density at radius 3 is 2.81 bits per heavy atom. The summed E-state index contributed by atoms with van der Waals surface area (Å²) in [5, 5.41) is 2.85. The van der Waals surface area contributed by atoms with Gasteiger partial charge in [-0.05, 0) is 25.5 Å². The van der Waals surface area contributed by atoms with Gasteiger partial charge in [-0.25, -0.2) is 8.42 Å². The van der Waals surface area contributed by atoms with E-state index in [0.29, 0.717) is 12.0 Å². The molecule has 6 heteroatoms. The molecule has 0 aromatic heterocycles. The maximum atomic E-state index is 12.3. The molecule has 0 bridgehead atoms. The van der Waals surface area contributed by atoms with Gasteiger partial charge in [0.2, 0.25) is 0 Å². The molecule has 1 aromatic rings. The Morgan fingerprint density at radius 2 is 2.10 bits per heavy atom. The van der Waals surface area contributed by atoms with Crippen molar-refractivity contribution >= 4 is 21.8 Å². The van der Waals surface area contributed by atoms with Crippen LogP contribution in [0.5, 0.6) is 5.75 Å². The molecule has 21 heavy (non-hydrogen) atoms. The minimum absolute atomic E-state index is 0.00351. The number of benzene rings is 1. The van der Waals surface area contributed by atoms with Gasteiger partial charge in [-0.2, -0.15) is 0 Å². The van der Waals surface area contributed by atoms with Gasteiger partial charge in [-0.1, -0.05) is 18.2 Å². The quantitative estimate of drug-likeness (QED) is 0.890. The number of hydrogen-bond acceptors (Lipinski definition) is 4. The van der Waals surface area contributed by atoms with Crippen molar-refractivity contribution in [1.82, 2.24) is 5.32 Å². The van der Waals surface area contributed by atoms with Crippen molar-refractivity contribution in [3.63, 3.8) is 0 Å². The maximum Gasteiger partial charge on any atom is 0.251 e. The van der Waals surface area contributed by atoms with E-state index in [-0.39, 0.29) is 24.0 Å². The monoisotopic (exact) mass is 307 g/mol. The lowest BCUT2D eigenvalue weighted by Crippen LogP contribution is -2.48. The molecule has 3 rings (SSSR count). The van der Waals surface area contributed by atoms with Crippen LogP contribution in [0.15, 0.2) is 29.8 Å². The highest BCUT2D eigenvalue weighted by atomic mass is 32.2. The van der Waals surface area contributed by atoms with Crippen LogP contribution in [0.4, 0.5) is 0 Å². The number of nitrogens with one attached hydrogen (secondary N) is 1. The van der Waals surface area contributed by atoms with Crippen LogP contribution in [0.2, 0.25) is 0 Å². The molecule has 1 atom stereocenters. The number of sulfone groups is 1. The van der Waals surface area contributed by atoms with E-state index in [1.165, 1.54) is 0 Å². The summed E-state index contributed by atoms with van der Waals surface area (Å²) in [7, 11) is -3.04. The fourth-order valence-corrected chi connectivity index (χ4v) is 4.80. The molecule has 1 fully saturated rings. The van der Waals surface area contributed by atoms with E-state index in [0.717, 1.165) is 11.3 Å². The molecule has 5 nitrogen and oxygen atoms in total. The first-order valence-corrected chi connectivity index (χ1v) is 8.64. The van der Waals surface area contributed by atoms with Crippen LogP contribution in [0, 0.1) is 0 Å². The summed E-state index contributed by atoms with van der Waals surface area (Å²) in [4.78, 5) is 12.3. The molecule has 112 valence electrons. The van der Waals surface area contributed by atoms with E-state index >= 15 is 0 Å². The first-order chi connectivity index (χ1) is 9.87. The largest absolute Gasteiger partial charge is 0.488 e. The van der Waals surface area contributed by atoms with E-state index in [4.69, 9.17) is 4.74 Å². The van der Waals surface area contributed by atoms with Crippen LogP contribution in [0.3, 0.4) is 0 Å². The number of rotatable bonds is 2. The Morgan fingerprint density at radius 1 is 1.33 bits per heavy atom. The van der Waals surface area contributed by atoms with Crippen LogP contribution in [0.1, 0.15) is 18.9 Å². The Hall–Kier alpha value is -1.82. The Labute approximate surface area is 123 Å². The molecule has 1 amide bonds. The van der Waals surface area contributed by atoms with Gasteiger partial charge in [-0.15, -0.1) is 0 Å². The SMILES string of the molecule is C[C@@]1(NC(=O)C2=Cc3ccccc3OC2)CCS(=O)(=O)C1. The Kier molecular flexibility index (Phi) is 3.28. The lowest BCUT2D eigenvalue weighted by Gasteiger charge is -2.26. The summed E-state index contributed by atoms with van der Waals surface area (Å²) in [5.41, 5.74) is 0.686. The molecule has 2 aliphatic rings. The Balaban J connectivity index is 1.77. The molecule has 0 spiro atoms. The number of ether oxygens (including phenoxy) is 1. The van der Waals surface area contributed by atoms with Crippen LogP contribution < -0.4 is 10.1 Å². The molecule has 1 aromatic carbocycles. The van der Waals surface area contributed by atoms with Gasteiger partial charge >= 0.3 is 0 Å². The second-order valence-electron chi connectivity index (χ2n) is 5.85. The first-order valence-electron chi connectivity index (χ1n) is 6.82. The standard InChI is InChI=1S/C15H17NO4S/c1-15(6-7-21(18,19)10-15)16-14(17)12-8-11-4-2-3-5-13(11)20-9-12/h2-5,8H,6-7,9-10H2,1H3,(H,16,17)/t15-/m1/s1. The molecule has 1 N–H and O–H groups in total. The van der Waals surface area contributed by atoms with E-state index < -0.39 is 15.4 Å². The van der Waals surface area contributed by atoms with Gasteiger partial charge in [0.05, 0.1) is 22.6 Å². The summed E-state index contributed by atoms with van der Waals surface area (Å²) in [6, 6.07) is 7.49. The highest BCUT2D eigenvalue weighted by molar-refractivity contribution is 7.91. The van der Waals surface area contributed by atoms with Crippen LogP contribution in [-0.4, -0.2) is 38.0 Å². The summed E-state index contributed by atoms with van der Waals surface area (Å²) in [5.74, 6) is 0.617. The maximum absolute atomic E-state index is 12.3. The van der Waals surface area contributed by atoms with Gasteiger partial charge in [0.1, 0.15) is 12.4 Å². The molecule has 2 aliphatic heterocycles. The fraction of sp³-hybridized carbons (Fsp3) is 0.400. The summed E-state index contributed by atoms with van der Waals surface area (Å²) >= 11 is 0. The average Bonchev–Trinajstić information content (AvgIpc) is 2.71. The van der Waals surface area contributed by atoms with Gasteiger partial charge in [0, 0.05) is 5.56 Å². The smallest absolute Gasteiger partial charge is 0.251 e. The van der Waals surface area contributed by atoms with Gasteiger partial charge in [0.15, 0.2) is 9.84 Å². The van der Waals surface area contributed by atoms with Gasteiger partial charge in [0.25, 0.3) is 5.91 Å². The number of hydrogen-bond donors (Lipinski definition) is 1. The van der Waals surface area contributed by atoms with Crippen LogP contribution in [0.25, 0.3) is 6.08 Å². The molecular weight excluding hydrogens is 290 g/mol. The van der Waals surface area contributed by atoms with Crippen molar-refractivity contribution in [3.05, 3.63) is 35.4 Å². The first kappa shape index (κ1) is 14.1. The zero-order valence-electron chi connectivity index (χ0n) is 11.8. The third-order valence-electron chi connectivity index (χ3n) is 3.84. The van der Waals surface area contributed by atoms with Crippen molar-refractivity contribution in [2.45, 2.75) is 18.9 Å². The highest BCUT2D eigenvalue weighted by Crippen LogP contribution is 2.27.